The van der Waals surface area contributed by atoms with Gasteiger partial charge in [-0.05, 0) is 37.5 Å². The van der Waals surface area contributed by atoms with E-state index < -0.39 is 15.8 Å². The number of sulfonamides is 1. The van der Waals surface area contributed by atoms with Gasteiger partial charge in [0.15, 0.2) is 5.03 Å². The Morgan fingerprint density at radius 1 is 1.24 bits per heavy atom. The number of carbonyl (C=O) groups excluding carboxylic acids is 1. The van der Waals surface area contributed by atoms with Gasteiger partial charge in [-0.25, -0.2) is 22.8 Å². The van der Waals surface area contributed by atoms with Gasteiger partial charge in [-0.3, -0.25) is 4.79 Å². The zero-order valence-corrected chi connectivity index (χ0v) is 19.8. The van der Waals surface area contributed by atoms with E-state index in [2.05, 4.69) is 15.3 Å². The third kappa shape index (κ3) is 5.42. The number of ether oxygens (including phenoxy) is 1. The molecule has 0 spiro atoms. The Morgan fingerprint density at radius 3 is 2.62 bits per heavy atom. The molecule has 0 aliphatic carbocycles. The van der Waals surface area contributed by atoms with Crippen molar-refractivity contribution in [2.45, 2.75) is 31.3 Å². The predicted octanol–water partition coefficient (Wildman–Crippen LogP) is 2.77. The van der Waals surface area contributed by atoms with Gasteiger partial charge in [0.25, 0.3) is 10.0 Å². The van der Waals surface area contributed by atoms with Crippen LogP contribution in [0.15, 0.2) is 53.8 Å². The van der Waals surface area contributed by atoms with Crippen LogP contribution in [0.5, 0.6) is 11.6 Å². The van der Waals surface area contributed by atoms with Crippen LogP contribution in [0.1, 0.15) is 24.2 Å². The molecule has 3 heterocycles. The molecule has 1 aliphatic rings. The number of nitrogens with zero attached hydrogens (tertiary/aromatic N) is 4. The first-order chi connectivity index (χ1) is 16.2. The molecule has 1 amide bonds. The normalized spacial score (nSPS) is 15.3. The van der Waals surface area contributed by atoms with Crippen LogP contribution in [-0.2, 0) is 28.4 Å². The van der Waals surface area contributed by atoms with Crippen molar-refractivity contribution >= 4 is 15.9 Å². The van der Waals surface area contributed by atoms with E-state index in [-0.39, 0.29) is 36.5 Å². The lowest BCUT2D eigenvalue weighted by Crippen LogP contribution is -2.43. The van der Waals surface area contributed by atoms with E-state index in [1.165, 1.54) is 22.6 Å². The highest BCUT2D eigenvalue weighted by Crippen LogP contribution is 2.24. The number of hydrogen-bond acceptors (Lipinski definition) is 6. The van der Waals surface area contributed by atoms with Gasteiger partial charge in [-0.1, -0.05) is 12.1 Å². The van der Waals surface area contributed by atoms with Gasteiger partial charge in [0.1, 0.15) is 17.4 Å². The smallest absolute Gasteiger partial charge is 0.262 e. The molecule has 0 saturated carbocycles. The first kappa shape index (κ1) is 23.8. The Labute approximate surface area is 197 Å². The standard InChI is InChI=1S/C23H26FN5O4S/c1-16-27-22(15-28(16)2)34(31,32)29-10-8-18(9-11-29)23(30)26-14-17-6-7-21(25-13-17)33-20-5-3-4-19(24)12-20/h3-7,12-13,15,18H,8-11,14H2,1-2H3,(H,26,30). The third-order valence-corrected chi connectivity index (χ3v) is 7.57. The number of benzene rings is 1. The van der Waals surface area contributed by atoms with Crippen molar-refractivity contribution < 1.29 is 22.3 Å². The maximum atomic E-state index is 13.3. The summed E-state index contributed by atoms with van der Waals surface area (Å²) in [6.07, 6.45) is 3.97. The van der Waals surface area contributed by atoms with Crippen LogP contribution >= 0.6 is 0 Å². The monoisotopic (exact) mass is 487 g/mol. The number of halogens is 1. The summed E-state index contributed by atoms with van der Waals surface area (Å²) in [6.45, 7) is 2.57. The highest BCUT2D eigenvalue weighted by Gasteiger charge is 2.33. The Morgan fingerprint density at radius 2 is 2.00 bits per heavy atom. The molecule has 180 valence electrons. The highest BCUT2D eigenvalue weighted by molar-refractivity contribution is 7.89. The Kier molecular flexibility index (Phi) is 6.94. The van der Waals surface area contributed by atoms with Gasteiger partial charge >= 0.3 is 0 Å². The lowest BCUT2D eigenvalue weighted by Gasteiger charge is -2.29. The minimum absolute atomic E-state index is 0.0349. The van der Waals surface area contributed by atoms with E-state index in [0.29, 0.717) is 30.3 Å². The van der Waals surface area contributed by atoms with E-state index in [9.17, 15) is 17.6 Å². The molecular weight excluding hydrogens is 461 g/mol. The van der Waals surface area contributed by atoms with E-state index in [1.54, 1.807) is 49.0 Å². The summed E-state index contributed by atoms with van der Waals surface area (Å²) in [6, 6.07) is 9.20. The third-order valence-electron chi connectivity index (χ3n) is 5.80. The average Bonchev–Trinajstić information content (AvgIpc) is 3.17. The summed E-state index contributed by atoms with van der Waals surface area (Å²) in [5.74, 6) is 0.506. The summed E-state index contributed by atoms with van der Waals surface area (Å²) >= 11 is 0. The van der Waals surface area contributed by atoms with Crippen LogP contribution in [0.2, 0.25) is 0 Å². The van der Waals surface area contributed by atoms with Gasteiger partial charge in [0.05, 0.1) is 0 Å². The first-order valence-corrected chi connectivity index (χ1v) is 12.3. The molecule has 0 atom stereocenters. The van der Waals surface area contributed by atoms with Gasteiger partial charge < -0.3 is 14.6 Å². The highest BCUT2D eigenvalue weighted by atomic mass is 32.2. The van der Waals surface area contributed by atoms with Gasteiger partial charge in [0.2, 0.25) is 11.8 Å². The molecule has 2 aromatic heterocycles. The summed E-state index contributed by atoms with van der Waals surface area (Å²) in [5, 5.41) is 2.92. The molecule has 1 fully saturated rings. The van der Waals surface area contributed by atoms with Gasteiger partial charge in [-0.2, -0.15) is 4.31 Å². The van der Waals surface area contributed by atoms with Crippen molar-refractivity contribution in [2.24, 2.45) is 13.0 Å². The van der Waals surface area contributed by atoms with Gasteiger partial charge in [0, 0.05) is 57.1 Å². The van der Waals surface area contributed by atoms with Crippen molar-refractivity contribution in [3.8, 4) is 11.6 Å². The van der Waals surface area contributed by atoms with Crippen molar-refractivity contribution in [1.29, 1.82) is 0 Å². The quantitative estimate of drug-likeness (QED) is 0.549. The van der Waals surface area contributed by atoms with Crippen LogP contribution < -0.4 is 10.1 Å². The second-order valence-electron chi connectivity index (χ2n) is 8.20. The lowest BCUT2D eigenvalue weighted by atomic mass is 9.97. The Hall–Kier alpha value is -3.31. The molecule has 0 unspecified atom stereocenters. The average molecular weight is 488 g/mol. The number of hydrogen-bond donors (Lipinski definition) is 1. The number of imidazole rings is 1. The van der Waals surface area contributed by atoms with E-state index in [0.717, 1.165) is 5.56 Å². The Bertz CT molecular complexity index is 1250. The second-order valence-corrected chi connectivity index (χ2v) is 10.1. The number of carbonyl (C=O) groups is 1. The number of rotatable bonds is 7. The summed E-state index contributed by atoms with van der Waals surface area (Å²) in [4.78, 5) is 20.9. The number of amides is 1. The zero-order chi connectivity index (χ0) is 24.3. The molecule has 0 radical (unpaired) electrons. The fourth-order valence-electron chi connectivity index (χ4n) is 3.70. The van der Waals surface area contributed by atoms with Crippen molar-refractivity contribution in [1.82, 2.24) is 24.2 Å². The summed E-state index contributed by atoms with van der Waals surface area (Å²) < 4.78 is 47.5. The fraction of sp³-hybridized carbons (Fsp3) is 0.348. The number of piperidine rings is 1. The van der Waals surface area contributed by atoms with E-state index in [1.807, 2.05) is 0 Å². The largest absolute Gasteiger partial charge is 0.439 e. The molecule has 11 heteroatoms. The molecule has 34 heavy (non-hydrogen) atoms. The molecular formula is C23H26FN5O4S. The predicted molar refractivity (Wildman–Crippen MR) is 122 cm³/mol. The molecule has 3 aromatic rings. The maximum absolute atomic E-state index is 13.3. The van der Waals surface area contributed by atoms with Crippen LogP contribution in [0.25, 0.3) is 0 Å². The number of nitrogens with one attached hydrogen (secondary N) is 1. The second kappa shape index (κ2) is 9.90. The first-order valence-electron chi connectivity index (χ1n) is 10.9. The fourth-order valence-corrected chi connectivity index (χ4v) is 5.20. The van der Waals surface area contributed by atoms with Crippen LogP contribution in [0.4, 0.5) is 4.39 Å². The summed E-state index contributed by atoms with van der Waals surface area (Å²) in [7, 11) is -1.92. The number of aromatic nitrogens is 3. The minimum Gasteiger partial charge on any atom is -0.439 e. The molecule has 1 saturated heterocycles. The van der Waals surface area contributed by atoms with Crippen molar-refractivity contribution in [3.05, 3.63) is 66.0 Å². The van der Waals surface area contributed by atoms with E-state index in [4.69, 9.17) is 4.74 Å². The zero-order valence-electron chi connectivity index (χ0n) is 18.9. The number of pyridine rings is 1. The topological polar surface area (TPSA) is 106 Å². The van der Waals surface area contributed by atoms with Gasteiger partial charge in [-0.15, -0.1) is 0 Å². The molecule has 4 rings (SSSR count). The van der Waals surface area contributed by atoms with Crippen LogP contribution in [0.3, 0.4) is 0 Å². The minimum atomic E-state index is -3.67. The molecule has 1 aromatic carbocycles. The van der Waals surface area contributed by atoms with E-state index >= 15 is 0 Å². The Balaban J connectivity index is 1.26. The SMILES string of the molecule is Cc1nc(S(=O)(=O)N2CCC(C(=O)NCc3ccc(Oc4cccc(F)c4)nc3)CC2)cn1C. The molecule has 1 aliphatic heterocycles. The van der Waals surface area contributed by atoms with Crippen LogP contribution in [0, 0.1) is 18.7 Å². The number of aryl methyl sites for hydroxylation is 2. The molecule has 9 nitrogen and oxygen atoms in total. The van der Waals surface area contributed by atoms with Crippen LogP contribution in [-0.4, -0.2) is 46.3 Å². The lowest BCUT2D eigenvalue weighted by molar-refractivity contribution is -0.126. The van der Waals surface area contributed by atoms with Crippen molar-refractivity contribution in [2.75, 3.05) is 13.1 Å². The molecule has 0 bridgehead atoms. The molecule has 1 N–H and O–H groups in total. The maximum Gasteiger partial charge on any atom is 0.262 e. The van der Waals surface area contributed by atoms with Crippen molar-refractivity contribution in [3.63, 3.8) is 0 Å². The summed E-state index contributed by atoms with van der Waals surface area (Å²) in [5.41, 5.74) is 0.783.